The predicted octanol–water partition coefficient (Wildman–Crippen LogP) is -0.379. The molecular formula is C7H5N2O. The van der Waals surface area contributed by atoms with Crippen LogP contribution < -0.4 is 0 Å². The summed E-state index contributed by atoms with van der Waals surface area (Å²) >= 11 is 0. The van der Waals surface area contributed by atoms with Crippen molar-refractivity contribution in [2.75, 3.05) is 6.61 Å². The van der Waals surface area contributed by atoms with Crippen LogP contribution in [0.2, 0.25) is 0 Å². The number of aliphatic hydroxyl groups excluding tert-OH is 1. The van der Waals surface area contributed by atoms with Gasteiger partial charge in [0.05, 0.1) is 5.56 Å². The van der Waals surface area contributed by atoms with E-state index in [4.69, 9.17) is 5.11 Å². The maximum absolute atomic E-state index is 8.31. The van der Waals surface area contributed by atoms with Gasteiger partial charge in [-0.2, -0.15) is 0 Å². The van der Waals surface area contributed by atoms with Crippen LogP contribution in [0.4, 0.5) is 0 Å². The van der Waals surface area contributed by atoms with Crippen molar-refractivity contribution in [1.82, 2.24) is 9.97 Å². The topological polar surface area (TPSA) is 46.0 Å². The molecule has 0 aliphatic heterocycles. The van der Waals surface area contributed by atoms with Gasteiger partial charge in [0.25, 0.3) is 0 Å². The predicted molar refractivity (Wildman–Crippen MR) is 34.8 cm³/mol. The van der Waals surface area contributed by atoms with Crippen molar-refractivity contribution < 1.29 is 5.11 Å². The van der Waals surface area contributed by atoms with Crippen LogP contribution in [0.15, 0.2) is 12.4 Å². The lowest BCUT2D eigenvalue weighted by molar-refractivity contribution is 0.350. The van der Waals surface area contributed by atoms with Gasteiger partial charge in [0.1, 0.15) is 6.61 Å². The highest BCUT2D eigenvalue weighted by molar-refractivity contribution is 5.28. The highest BCUT2D eigenvalue weighted by Gasteiger charge is 1.81. The largest absolute Gasteiger partial charge is 0.384 e. The molecule has 1 N–H and O–H groups in total. The summed E-state index contributed by atoms with van der Waals surface area (Å²) in [7, 11) is 0. The molecular weight excluding hydrogens is 128 g/mol. The van der Waals surface area contributed by atoms with E-state index in [1.165, 1.54) is 12.4 Å². The Morgan fingerprint density at radius 2 is 2.20 bits per heavy atom. The molecule has 1 radical (unpaired) electrons. The summed E-state index contributed by atoms with van der Waals surface area (Å²) in [4.78, 5) is 7.23. The molecule has 1 aromatic rings. The van der Waals surface area contributed by atoms with Gasteiger partial charge in [0, 0.05) is 12.4 Å². The fraction of sp³-hybridized carbons (Fsp3) is 0.143. The Balaban J connectivity index is 2.76. The molecule has 0 atom stereocenters. The Morgan fingerprint density at radius 3 is 2.80 bits per heavy atom. The Kier molecular flexibility index (Phi) is 2.41. The van der Waals surface area contributed by atoms with Gasteiger partial charge in [0.15, 0.2) is 6.33 Å². The first kappa shape index (κ1) is 6.72. The summed E-state index contributed by atoms with van der Waals surface area (Å²) in [5.41, 5.74) is 0.688. The van der Waals surface area contributed by atoms with E-state index in [1.54, 1.807) is 0 Å². The molecule has 1 heterocycles. The van der Waals surface area contributed by atoms with E-state index >= 15 is 0 Å². The second-order valence-corrected chi connectivity index (χ2v) is 1.53. The van der Waals surface area contributed by atoms with Crippen LogP contribution in [-0.4, -0.2) is 21.7 Å². The van der Waals surface area contributed by atoms with Crippen LogP contribution in [0.1, 0.15) is 5.56 Å². The number of aliphatic hydroxyl groups is 1. The number of hydrogen-bond acceptors (Lipinski definition) is 3. The number of rotatable bonds is 0. The molecule has 0 amide bonds. The third-order valence-corrected chi connectivity index (χ3v) is 0.835. The lowest BCUT2D eigenvalue weighted by atomic mass is 10.3. The zero-order valence-electron chi connectivity index (χ0n) is 5.20. The van der Waals surface area contributed by atoms with Gasteiger partial charge < -0.3 is 5.11 Å². The molecule has 0 aliphatic carbocycles. The molecule has 3 heteroatoms. The molecule has 0 saturated carbocycles. The van der Waals surface area contributed by atoms with Crippen molar-refractivity contribution in [2.45, 2.75) is 0 Å². The van der Waals surface area contributed by atoms with Crippen LogP contribution >= 0.6 is 0 Å². The first-order valence-corrected chi connectivity index (χ1v) is 2.71. The molecule has 10 heavy (non-hydrogen) atoms. The zero-order valence-corrected chi connectivity index (χ0v) is 5.20. The second-order valence-electron chi connectivity index (χ2n) is 1.53. The number of nitrogens with zero attached hydrogens (tertiary/aromatic N) is 2. The minimum Gasteiger partial charge on any atom is -0.384 e. The highest BCUT2D eigenvalue weighted by Crippen LogP contribution is 1.86. The summed E-state index contributed by atoms with van der Waals surface area (Å²) in [6, 6.07) is 0. The molecule has 0 aliphatic rings. The molecule has 0 saturated heterocycles. The normalized spacial score (nSPS) is 8.10. The molecule has 0 aromatic carbocycles. The SMILES string of the molecule is OCC#Cc1cn[c]nc1. The number of aromatic nitrogens is 2. The van der Waals surface area contributed by atoms with Gasteiger partial charge in [0.2, 0.25) is 0 Å². The van der Waals surface area contributed by atoms with E-state index in [0.29, 0.717) is 5.56 Å². The quantitative estimate of drug-likeness (QED) is 0.491. The minimum absolute atomic E-state index is 0.140. The molecule has 1 aromatic heterocycles. The first-order chi connectivity index (χ1) is 4.93. The van der Waals surface area contributed by atoms with E-state index in [-0.39, 0.29) is 6.61 Å². The van der Waals surface area contributed by atoms with Gasteiger partial charge in [-0.1, -0.05) is 11.8 Å². The lowest BCUT2D eigenvalue weighted by Gasteiger charge is -1.82. The third-order valence-electron chi connectivity index (χ3n) is 0.835. The average molecular weight is 133 g/mol. The van der Waals surface area contributed by atoms with Gasteiger partial charge in [-0.25, -0.2) is 9.97 Å². The average Bonchev–Trinajstić information content (AvgIpc) is 2.03. The standard InChI is InChI=1S/C7H5N2O/c10-3-1-2-7-4-8-6-9-5-7/h4-5,10H,3H2. The molecule has 3 nitrogen and oxygen atoms in total. The fourth-order valence-corrected chi connectivity index (χ4v) is 0.470. The van der Waals surface area contributed by atoms with Gasteiger partial charge in [-0.05, 0) is 0 Å². The summed E-state index contributed by atoms with van der Waals surface area (Å²) in [6.07, 6.45) is 5.45. The molecule has 0 spiro atoms. The summed E-state index contributed by atoms with van der Waals surface area (Å²) < 4.78 is 0. The molecule has 49 valence electrons. The van der Waals surface area contributed by atoms with Crippen LogP contribution in [0.25, 0.3) is 0 Å². The highest BCUT2D eigenvalue weighted by atomic mass is 16.2. The number of hydrogen-bond donors (Lipinski definition) is 1. The molecule has 0 unspecified atom stereocenters. The van der Waals surface area contributed by atoms with Crippen LogP contribution in [0.5, 0.6) is 0 Å². The van der Waals surface area contributed by atoms with Gasteiger partial charge in [-0.3, -0.25) is 0 Å². The monoisotopic (exact) mass is 133 g/mol. The molecule has 0 bridgehead atoms. The van der Waals surface area contributed by atoms with E-state index in [0.717, 1.165) is 0 Å². The van der Waals surface area contributed by atoms with Crippen molar-refractivity contribution in [3.05, 3.63) is 24.3 Å². The zero-order chi connectivity index (χ0) is 7.23. The van der Waals surface area contributed by atoms with Crippen molar-refractivity contribution in [3.8, 4) is 11.8 Å². The van der Waals surface area contributed by atoms with E-state index < -0.39 is 0 Å². The van der Waals surface area contributed by atoms with Gasteiger partial charge in [-0.15, -0.1) is 0 Å². The summed E-state index contributed by atoms with van der Waals surface area (Å²) in [5.74, 6) is 5.13. The first-order valence-electron chi connectivity index (χ1n) is 2.71. The van der Waals surface area contributed by atoms with E-state index in [9.17, 15) is 0 Å². The Morgan fingerprint density at radius 1 is 1.50 bits per heavy atom. The van der Waals surface area contributed by atoms with Crippen LogP contribution in [-0.2, 0) is 0 Å². The van der Waals surface area contributed by atoms with Gasteiger partial charge >= 0.3 is 0 Å². The molecule has 1 rings (SSSR count). The van der Waals surface area contributed by atoms with E-state index in [1.807, 2.05) is 0 Å². The maximum atomic E-state index is 8.31. The fourth-order valence-electron chi connectivity index (χ4n) is 0.470. The third kappa shape index (κ3) is 1.84. The summed E-state index contributed by atoms with van der Waals surface area (Å²) in [6.45, 7) is -0.140. The van der Waals surface area contributed by atoms with Crippen LogP contribution in [0, 0.1) is 18.2 Å². The lowest BCUT2D eigenvalue weighted by Crippen LogP contribution is -1.80. The maximum Gasteiger partial charge on any atom is 0.197 e. The Labute approximate surface area is 58.8 Å². The smallest absolute Gasteiger partial charge is 0.197 e. The Bertz CT molecular complexity index is 247. The second kappa shape index (κ2) is 3.59. The Hall–Kier alpha value is -1.40. The van der Waals surface area contributed by atoms with Crippen molar-refractivity contribution in [2.24, 2.45) is 0 Å². The molecule has 0 fully saturated rings. The van der Waals surface area contributed by atoms with E-state index in [2.05, 4.69) is 28.1 Å². The minimum atomic E-state index is -0.140. The van der Waals surface area contributed by atoms with Crippen molar-refractivity contribution in [3.63, 3.8) is 0 Å². The van der Waals surface area contributed by atoms with Crippen LogP contribution in [0.3, 0.4) is 0 Å². The van der Waals surface area contributed by atoms with Crippen molar-refractivity contribution in [1.29, 1.82) is 0 Å². The summed E-state index contributed by atoms with van der Waals surface area (Å²) in [5, 5.41) is 8.31. The van der Waals surface area contributed by atoms with Crippen molar-refractivity contribution >= 4 is 0 Å².